The minimum Gasteiger partial charge on any atom is -0.508 e. The Morgan fingerprint density at radius 3 is 2.30 bits per heavy atom. The Labute approximate surface area is 122 Å². The van der Waals surface area contributed by atoms with Crippen LogP contribution in [0.1, 0.15) is 17.2 Å². The van der Waals surface area contributed by atoms with Crippen molar-refractivity contribution >= 4 is 22.5 Å². The second-order valence-corrected chi connectivity index (χ2v) is 4.89. The summed E-state index contributed by atoms with van der Waals surface area (Å²) in [4.78, 5) is 2.78. The molecule has 0 fully saturated rings. The van der Waals surface area contributed by atoms with Gasteiger partial charge in [0.25, 0.3) is 0 Å². The molecule has 0 aliphatic heterocycles. The number of aromatic hydroxyl groups is 1. The lowest BCUT2D eigenvalue weighted by atomic mass is 9.93. The quantitative estimate of drug-likeness (QED) is 0.699. The average molecular weight is 284 g/mol. The van der Waals surface area contributed by atoms with Crippen LogP contribution < -0.4 is 4.84 Å². The second-order valence-electron chi connectivity index (χ2n) is 4.67. The number of nitrogens with one attached hydrogen (secondary N) is 1. The molecule has 0 amide bonds. The summed E-state index contributed by atoms with van der Waals surface area (Å²) < 4.78 is 0. The number of hydrogen-bond donors (Lipinski definition) is 2. The number of phenols is 1. The molecular formula is C17H14ClNO. The van der Waals surface area contributed by atoms with Gasteiger partial charge in [-0.2, -0.15) is 0 Å². The lowest BCUT2D eigenvalue weighted by Gasteiger charge is -2.19. The highest BCUT2D eigenvalue weighted by Crippen LogP contribution is 2.35. The fourth-order valence-corrected chi connectivity index (χ4v) is 2.75. The third-order valence-corrected chi connectivity index (χ3v) is 3.70. The van der Waals surface area contributed by atoms with Crippen LogP contribution >= 0.6 is 11.8 Å². The highest BCUT2D eigenvalue weighted by Gasteiger charge is 2.19. The van der Waals surface area contributed by atoms with E-state index in [0.29, 0.717) is 0 Å². The van der Waals surface area contributed by atoms with Crippen LogP contribution in [0.5, 0.6) is 5.75 Å². The van der Waals surface area contributed by atoms with E-state index in [2.05, 4.69) is 4.84 Å². The molecule has 3 aromatic rings. The summed E-state index contributed by atoms with van der Waals surface area (Å²) >= 11 is 5.95. The Morgan fingerprint density at radius 1 is 0.850 bits per heavy atom. The topological polar surface area (TPSA) is 32.3 Å². The largest absolute Gasteiger partial charge is 0.508 e. The van der Waals surface area contributed by atoms with Crippen molar-refractivity contribution in [3.63, 3.8) is 0 Å². The number of benzene rings is 3. The van der Waals surface area contributed by atoms with Crippen molar-refractivity contribution in [3.05, 3.63) is 77.9 Å². The molecule has 0 spiro atoms. The van der Waals surface area contributed by atoms with Crippen LogP contribution in [0, 0.1) is 0 Å². The molecule has 0 heterocycles. The maximum absolute atomic E-state index is 10.3. The Kier molecular flexibility index (Phi) is 3.59. The zero-order chi connectivity index (χ0) is 13.9. The first-order valence-electron chi connectivity index (χ1n) is 6.43. The summed E-state index contributed by atoms with van der Waals surface area (Å²) in [6.45, 7) is 0. The van der Waals surface area contributed by atoms with Gasteiger partial charge in [-0.15, -0.1) is 0 Å². The minimum atomic E-state index is -0.260. The molecule has 2 nitrogen and oxygen atoms in total. The van der Waals surface area contributed by atoms with Gasteiger partial charge in [0.2, 0.25) is 0 Å². The van der Waals surface area contributed by atoms with Crippen LogP contribution in [-0.4, -0.2) is 5.11 Å². The first-order chi connectivity index (χ1) is 9.81. The molecule has 0 bridgehead atoms. The zero-order valence-corrected chi connectivity index (χ0v) is 11.5. The molecular weight excluding hydrogens is 270 g/mol. The maximum Gasteiger partial charge on any atom is 0.121 e. The summed E-state index contributed by atoms with van der Waals surface area (Å²) in [6.07, 6.45) is 0. The smallest absolute Gasteiger partial charge is 0.121 e. The van der Waals surface area contributed by atoms with Gasteiger partial charge in [-0.3, -0.25) is 0 Å². The summed E-state index contributed by atoms with van der Waals surface area (Å²) in [6, 6.07) is 21.2. The van der Waals surface area contributed by atoms with Crippen molar-refractivity contribution in [1.29, 1.82) is 0 Å². The van der Waals surface area contributed by atoms with Crippen molar-refractivity contribution in [2.45, 2.75) is 6.04 Å². The summed E-state index contributed by atoms with van der Waals surface area (Å²) in [7, 11) is 0. The molecule has 1 atom stereocenters. The Balaban J connectivity index is 2.24. The SMILES string of the molecule is Oc1ccc2ccccc2c1C(NCl)c1ccccc1. The Bertz CT molecular complexity index is 727. The minimum absolute atomic E-state index is 0.241. The zero-order valence-electron chi connectivity index (χ0n) is 10.8. The first kappa shape index (κ1) is 13.0. The fourth-order valence-electron chi connectivity index (χ4n) is 2.52. The van der Waals surface area contributed by atoms with Gasteiger partial charge in [0.05, 0.1) is 6.04 Å². The van der Waals surface area contributed by atoms with Crippen LogP contribution in [0.3, 0.4) is 0 Å². The van der Waals surface area contributed by atoms with Gasteiger partial charge < -0.3 is 5.11 Å². The molecule has 100 valence electrons. The van der Waals surface area contributed by atoms with Crippen molar-refractivity contribution in [2.24, 2.45) is 0 Å². The van der Waals surface area contributed by atoms with Gasteiger partial charge in [-0.05, 0) is 34.2 Å². The van der Waals surface area contributed by atoms with E-state index < -0.39 is 0 Å². The lowest BCUT2D eigenvalue weighted by Crippen LogP contribution is -2.13. The molecule has 20 heavy (non-hydrogen) atoms. The van der Waals surface area contributed by atoms with Gasteiger partial charge in [0, 0.05) is 5.56 Å². The molecule has 2 N–H and O–H groups in total. The van der Waals surface area contributed by atoms with Gasteiger partial charge in [-0.25, -0.2) is 4.84 Å². The van der Waals surface area contributed by atoms with E-state index in [9.17, 15) is 5.11 Å². The number of rotatable bonds is 3. The monoisotopic (exact) mass is 283 g/mol. The molecule has 0 saturated carbocycles. The number of fused-ring (bicyclic) bond motifs is 1. The van der Waals surface area contributed by atoms with E-state index in [1.54, 1.807) is 6.07 Å². The molecule has 0 aliphatic rings. The van der Waals surface area contributed by atoms with E-state index in [4.69, 9.17) is 11.8 Å². The summed E-state index contributed by atoms with van der Waals surface area (Å²) in [5.74, 6) is 0.241. The standard InChI is InChI=1S/C17H14ClNO/c18-19-17(13-7-2-1-3-8-13)16-14-9-5-4-6-12(14)10-11-15(16)20/h1-11,17,19-20H. The van der Waals surface area contributed by atoms with E-state index in [-0.39, 0.29) is 11.8 Å². The van der Waals surface area contributed by atoms with Gasteiger partial charge in [0.1, 0.15) is 5.75 Å². The van der Waals surface area contributed by atoms with Crippen molar-refractivity contribution < 1.29 is 5.11 Å². The molecule has 0 aliphatic carbocycles. The maximum atomic E-state index is 10.3. The number of halogens is 1. The number of phenolic OH excluding ortho intramolecular Hbond substituents is 1. The Hall–Kier alpha value is -2.03. The van der Waals surface area contributed by atoms with Crippen molar-refractivity contribution in [3.8, 4) is 5.75 Å². The summed E-state index contributed by atoms with van der Waals surface area (Å²) in [5.41, 5.74) is 1.80. The van der Waals surface area contributed by atoms with Gasteiger partial charge >= 0.3 is 0 Å². The number of hydrogen-bond acceptors (Lipinski definition) is 2. The second kappa shape index (κ2) is 5.53. The molecule has 0 aromatic heterocycles. The molecule has 0 radical (unpaired) electrons. The van der Waals surface area contributed by atoms with Gasteiger partial charge in [0.15, 0.2) is 0 Å². The molecule has 3 heteroatoms. The molecule has 3 rings (SSSR count). The van der Waals surface area contributed by atoms with E-state index in [1.165, 1.54) is 0 Å². The van der Waals surface area contributed by atoms with Crippen LogP contribution in [0.2, 0.25) is 0 Å². The third-order valence-electron chi connectivity index (χ3n) is 3.48. The fraction of sp³-hybridized carbons (Fsp3) is 0.0588. The van der Waals surface area contributed by atoms with E-state index in [0.717, 1.165) is 21.9 Å². The highest BCUT2D eigenvalue weighted by molar-refractivity contribution is 6.14. The van der Waals surface area contributed by atoms with E-state index in [1.807, 2.05) is 60.7 Å². The van der Waals surface area contributed by atoms with Crippen LogP contribution in [0.4, 0.5) is 0 Å². The van der Waals surface area contributed by atoms with Gasteiger partial charge in [-0.1, -0.05) is 60.7 Å². The lowest BCUT2D eigenvalue weighted by molar-refractivity contribution is 0.465. The van der Waals surface area contributed by atoms with Crippen molar-refractivity contribution in [1.82, 2.24) is 4.84 Å². The molecule has 3 aromatic carbocycles. The molecule has 1 unspecified atom stereocenters. The molecule has 0 saturated heterocycles. The average Bonchev–Trinajstić information content (AvgIpc) is 2.51. The third kappa shape index (κ3) is 2.24. The predicted octanol–water partition coefficient (Wildman–Crippen LogP) is 4.38. The van der Waals surface area contributed by atoms with Crippen LogP contribution in [-0.2, 0) is 0 Å². The first-order valence-corrected chi connectivity index (χ1v) is 6.81. The van der Waals surface area contributed by atoms with Crippen LogP contribution in [0.25, 0.3) is 10.8 Å². The van der Waals surface area contributed by atoms with Crippen LogP contribution in [0.15, 0.2) is 66.7 Å². The Morgan fingerprint density at radius 2 is 1.55 bits per heavy atom. The summed E-state index contributed by atoms with van der Waals surface area (Å²) in [5, 5.41) is 12.3. The van der Waals surface area contributed by atoms with E-state index >= 15 is 0 Å². The highest BCUT2D eigenvalue weighted by atomic mass is 35.5. The predicted molar refractivity (Wildman–Crippen MR) is 82.9 cm³/mol. The van der Waals surface area contributed by atoms with Crippen molar-refractivity contribution in [2.75, 3.05) is 0 Å². The normalized spacial score (nSPS) is 12.4.